The summed E-state index contributed by atoms with van der Waals surface area (Å²) in [6.45, 7) is 0.585. The fourth-order valence-corrected chi connectivity index (χ4v) is 2.60. The van der Waals surface area contributed by atoms with Crippen LogP contribution >= 0.6 is 11.6 Å². The molecule has 108 valence electrons. The zero-order valence-corrected chi connectivity index (χ0v) is 13.1. The summed E-state index contributed by atoms with van der Waals surface area (Å²) in [4.78, 5) is 6.52. The zero-order valence-electron chi connectivity index (χ0n) is 11.5. The van der Waals surface area contributed by atoms with Crippen LogP contribution in [-0.2, 0) is 23.4 Å². The Labute approximate surface area is 123 Å². The maximum Gasteiger partial charge on any atom is 0.175 e. The van der Waals surface area contributed by atoms with Crippen LogP contribution in [0.25, 0.3) is 0 Å². The van der Waals surface area contributed by atoms with Crippen molar-refractivity contribution >= 4 is 27.1 Å². The van der Waals surface area contributed by atoms with Crippen LogP contribution in [0.1, 0.15) is 5.82 Å². The lowest BCUT2D eigenvalue weighted by Gasteiger charge is -2.19. The maximum absolute atomic E-state index is 11.4. The number of aromatic nitrogens is 2. The molecule has 5 nitrogen and oxygen atoms in total. The lowest BCUT2D eigenvalue weighted by atomic mass is 10.3. The van der Waals surface area contributed by atoms with Crippen LogP contribution in [-0.4, -0.2) is 31.3 Å². The summed E-state index contributed by atoms with van der Waals surface area (Å²) >= 11 is 5.95. The first kappa shape index (κ1) is 14.9. The minimum Gasteiger partial charge on any atom is -0.367 e. The lowest BCUT2D eigenvalue weighted by Crippen LogP contribution is -2.19. The van der Waals surface area contributed by atoms with Gasteiger partial charge in [-0.2, -0.15) is 0 Å². The van der Waals surface area contributed by atoms with Crippen molar-refractivity contribution in [1.29, 1.82) is 0 Å². The molecule has 20 heavy (non-hydrogen) atoms. The third-order valence-electron chi connectivity index (χ3n) is 3.11. The molecule has 0 aliphatic heterocycles. The Hall–Kier alpha value is -1.53. The number of nitrogens with zero attached hydrogens (tertiary/aromatic N) is 3. The maximum atomic E-state index is 11.4. The van der Waals surface area contributed by atoms with E-state index in [1.54, 1.807) is 30.5 Å². The van der Waals surface area contributed by atoms with Gasteiger partial charge in [-0.1, -0.05) is 11.6 Å². The fourth-order valence-electron chi connectivity index (χ4n) is 1.82. The van der Waals surface area contributed by atoms with Crippen LogP contribution < -0.4 is 4.90 Å². The molecule has 2 rings (SSSR count). The Morgan fingerprint density at radius 2 is 1.90 bits per heavy atom. The van der Waals surface area contributed by atoms with Crippen LogP contribution in [0.15, 0.2) is 35.4 Å². The molecule has 1 heterocycles. The molecule has 0 amide bonds. The highest BCUT2D eigenvalue weighted by molar-refractivity contribution is 7.90. The van der Waals surface area contributed by atoms with Crippen molar-refractivity contribution in [1.82, 2.24) is 9.55 Å². The Kier molecular flexibility index (Phi) is 4.06. The van der Waals surface area contributed by atoms with Crippen molar-refractivity contribution < 1.29 is 8.42 Å². The van der Waals surface area contributed by atoms with Crippen LogP contribution in [0.3, 0.4) is 0 Å². The first-order chi connectivity index (χ1) is 9.29. The molecule has 0 aliphatic rings. The molecule has 0 saturated carbocycles. The first-order valence-corrected chi connectivity index (χ1v) is 8.23. The highest BCUT2D eigenvalue weighted by Crippen LogP contribution is 2.19. The van der Waals surface area contributed by atoms with Gasteiger partial charge in [0.1, 0.15) is 11.0 Å². The van der Waals surface area contributed by atoms with E-state index in [2.05, 4.69) is 4.98 Å². The molecule has 2 aromatic rings. The monoisotopic (exact) mass is 313 g/mol. The van der Waals surface area contributed by atoms with Gasteiger partial charge < -0.3 is 9.47 Å². The van der Waals surface area contributed by atoms with Crippen molar-refractivity contribution in [3.8, 4) is 0 Å². The predicted molar refractivity (Wildman–Crippen MR) is 79.9 cm³/mol. The predicted octanol–water partition coefficient (Wildman–Crippen LogP) is 2.11. The molecule has 1 aromatic heterocycles. The normalized spacial score (nSPS) is 11.6. The summed E-state index contributed by atoms with van der Waals surface area (Å²) < 4.78 is 24.6. The van der Waals surface area contributed by atoms with Crippen LogP contribution in [0.5, 0.6) is 0 Å². The molecule has 1 aromatic carbocycles. The molecule has 7 heteroatoms. The SMILES string of the molecule is CN(Cc1ncc(Cl)n1C)c1ccc(S(C)(=O)=O)cc1. The number of hydrogen-bond acceptors (Lipinski definition) is 4. The highest BCUT2D eigenvalue weighted by Gasteiger charge is 2.10. The van der Waals surface area contributed by atoms with Gasteiger partial charge in [0.05, 0.1) is 17.6 Å². The molecule has 0 unspecified atom stereocenters. The van der Waals surface area contributed by atoms with Gasteiger partial charge in [-0.05, 0) is 24.3 Å². The number of hydrogen-bond donors (Lipinski definition) is 0. The molecule has 0 aliphatic carbocycles. The molecule has 0 radical (unpaired) electrons. The number of imidazole rings is 1. The van der Waals surface area contributed by atoms with Gasteiger partial charge in [0.2, 0.25) is 0 Å². The molecule has 0 spiro atoms. The van der Waals surface area contributed by atoms with E-state index in [1.165, 1.54) is 6.26 Å². The molecule has 0 fully saturated rings. The number of benzene rings is 1. The number of anilines is 1. The summed E-state index contributed by atoms with van der Waals surface area (Å²) in [7, 11) is 0.607. The summed E-state index contributed by atoms with van der Waals surface area (Å²) in [6, 6.07) is 6.76. The van der Waals surface area contributed by atoms with E-state index in [1.807, 2.05) is 23.6 Å². The third kappa shape index (κ3) is 3.13. The summed E-state index contributed by atoms with van der Waals surface area (Å²) in [5.74, 6) is 0.838. The van der Waals surface area contributed by atoms with Gasteiger partial charge in [-0.25, -0.2) is 13.4 Å². The summed E-state index contributed by atoms with van der Waals surface area (Å²) in [5, 5.41) is 0.584. The van der Waals surface area contributed by atoms with Crippen molar-refractivity contribution in [2.75, 3.05) is 18.2 Å². The van der Waals surface area contributed by atoms with Gasteiger partial charge in [0.15, 0.2) is 9.84 Å². The van der Waals surface area contributed by atoms with Crippen LogP contribution in [0, 0.1) is 0 Å². The van der Waals surface area contributed by atoms with E-state index in [0.717, 1.165) is 11.5 Å². The van der Waals surface area contributed by atoms with Crippen molar-refractivity contribution in [2.45, 2.75) is 11.4 Å². The quantitative estimate of drug-likeness (QED) is 0.867. The smallest absolute Gasteiger partial charge is 0.175 e. The number of halogens is 1. The largest absolute Gasteiger partial charge is 0.367 e. The van der Waals surface area contributed by atoms with E-state index in [9.17, 15) is 8.42 Å². The average Bonchev–Trinajstić information content (AvgIpc) is 2.70. The zero-order chi connectivity index (χ0) is 14.9. The van der Waals surface area contributed by atoms with E-state index in [4.69, 9.17) is 11.6 Å². The van der Waals surface area contributed by atoms with Crippen LogP contribution in [0.2, 0.25) is 5.15 Å². The topological polar surface area (TPSA) is 55.2 Å². The molecule has 0 bridgehead atoms. The molecular weight excluding hydrogens is 298 g/mol. The van der Waals surface area contributed by atoms with Gasteiger partial charge in [0, 0.05) is 26.0 Å². The summed E-state index contributed by atoms with van der Waals surface area (Å²) in [5.41, 5.74) is 0.913. The second-order valence-electron chi connectivity index (χ2n) is 4.68. The van der Waals surface area contributed by atoms with Gasteiger partial charge in [-0.15, -0.1) is 0 Å². The Morgan fingerprint density at radius 1 is 1.30 bits per heavy atom. The molecular formula is C13H16ClN3O2S. The van der Waals surface area contributed by atoms with Crippen molar-refractivity contribution in [2.24, 2.45) is 7.05 Å². The van der Waals surface area contributed by atoms with Gasteiger partial charge in [-0.3, -0.25) is 0 Å². The van der Waals surface area contributed by atoms with Crippen molar-refractivity contribution in [3.63, 3.8) is 0 Å². The third-order valence-corrected chi connectivity index (χ3v) is 4.59. The van der Waals surface area contributed by atoms with E-state index >= 15 is 0 Å². The van der Waals surface area contributed by atoms with E-state index in [-0.39, 0.29) is 0 Å². The fraction of sp³-hybridized carbons (Fsp3) is 0.308. The standard InChI is InChI=1S/C13H16ClN3O2S/c1-16(9-13-15-8-12(14)17(13)2)10-4-6-11(7-5-10)20(3,18)19/h4-8H,9H2,1-3H3. The second kappa shape index (κ2) is 5.46. The Balaban J connectivity index is 2.18. The van der Waals surface area contributed by atoms with Crippen molar-refractivity contribution in [3.05, 3.63) is 41.4 Å². The summed E-state index contributed by atoms with van der Waals surface area (Å²) in [6.07, 6.45) is 2.80. The Bertz CT molecular complexity index is 708. The molecule has 0 saturated heterocycles. The number of rotatable bonds is 4. The van der Waals surface area contributed by atoms with Crippen LogP contribution in [0.4, 0.5) is 5.69 Å². The molecule has 0 N–H and O–H groups in total. The first-order valence-electron chi connectivity index (χ1n) is 5.96. The minimum atomic E-state index is -3.16. The second-order valence-corrected chi connectivity index (χ2v) is 7.08. The lowest BCUT2D eigenvalue weighted by molar-refractivity contribution is 0.602. The van der Waals surface area contributed by atoms with E-state index in [0.29, 0.717) is 16.6 Å². The number of sulfone groups is 1. The van der Waals surface area contributed by atoms with Gasteiger partial charge >= 0.3 is 0 Å². The highest BCUT2D eigenvalue weighted by atomic mass is 35.5. The average molecular weight is 314 g/mol. The molecule has 0 atom stereocenters. The Morgan fingerprint density at radius 3 is 2.35 bits per heavy atom. The van der Waals surface area contributed by atoms with Gasteiger partial charge in [0.25, 0.3) is 0 Å². The minimum absolute atomic E-state index is 0.315. The van der Waals surface area contributed by atoms with E-state index < -0.39 is 9.84 Å².